The molecule has 1 unspecified atom stereocenters. The van der Waals surface area contributed by atoms with Crippen LogP contribution in [0.5, 0.6) is 0 Å². The summed E-state index contributed by atoms with van der Waals surface area (Å²) < 4.78 is 4.93. The maximum atomic E-state index is 11.8. The van der Waals surface area contributed by atoms with Gasteiger partial charge in [-0.2, -0.15) is 0 Å². The maximum absolute atomic E-state index is 11.8. The summed E-state index contributed by atoms with van der Waals surface area (Å²) >= 11 is 0. The van der Waals surface area contributed by atoms with Gasteiger partial charge in [0.2, 0.25) is 0 Å². The molecule has 0 saturated heterocycles. The molecule has 2 rings (SSSR count). The highest BCUT2D eigenvalue weighted by Gasteiger charge is 2.52. The van der Waals surface area contributed by atoms with Crippen molar-refractivity contribution >= 4 is 12.3 Å². The van der Waals surface area contributed by atoms with Gasteiger partial charge >= 0.3 is 5.97 Å². The first-order chi connectivity index (χ1) is 10.3. The summed E-state index contributed by atoms with van der Waals surface area (Å²) in [6.45, 7) is 9.06. The fraction of sp³-hybridized carbons (Fsp3) is 0.684. The van der Waals surface area contributed by atoms with Crippen LogP contribution in [-0.2, 0) is 14.3 Å². The quantitative estimate of drug-likeness (QED) is 0.446. The summed E-state index contributed by atoms with van der Waals surface area (Å²) in [7, 11) is 0. The van der Waals surface area contributed by atoms with E-state index in [2.05, 4.69) is 26.8 Å². The Morgan fingerprint density at radius 3 is 2.73 bits per heavy atom. The molecule has 2 aliphatic carbocycles. The molecule has 3 atom stereocenters. The second-order valence-electron chi connectivity index (χ2n) is 7.54. The van der Waals surface area contributed by atoms with Crippen molar-refractivity contribution in [3.05, 3.63) is 23.8 Å². The van der Waals surface area contributed by atoms with Crippen molar-refractivity contribution in [1.29, 1.82) is 0 Å². The average molecular weight is 304 g/mol. The zero-order valence-electron chi connectivity index (χ0n) is 14.2. The highest BCUT2D eigenvalue weighted by Crippen LogP contribution is 2.59. The predicted octanol–water partition coefficient (Wildman–Crippen LogP) is 4.08. The average Bonchev–Trinajstić information content (AvgIpc) is 2.43. The van der Waals surface area contributed by atoms with Gasteiger partial charge in [-0.05, 0) is 48.5 Å². The minimum absolute atomic E-state index is 0.00736. The minimum atomic E-state index is -0.343. The van der Waals surface area contributed by atoms with Crippen molar-refractivity contribution in [2.75, 3.05) is 6.61 Å². The van der Waals surface area contributed by atoms with Gasteiger partial charge in [-0.15, -0.1) is 0 Å². The number of carbonyl (C=O) groups is 2. The van der Waals surface area contributed by atoms with Gasteiger partial charge < -0.3 is 9.53 Å². The van der Waals surface area contributed by atoms with Crippen LogP contribution in [0, 0.1) is 22.7 Å². The van der Waals surface area contributed by atoms with Gasteiger partial charge in [-0.25, -0.2) is 4.79 Å². The molecular formula is C19H28O3. The Morgan fingerprint density at radius 1 is 1.36 bits per heavy atom. The first-order valence-electron chi connectivity index (χ1n) is 8.35. The fourth-order valence-electron chi connectivity index (χ4n) is 4.65. The molecule has 122 valence electrons. The predicted molar refractivity (Wildman–Crippen MR) is 87.3 cm³/mol. The number of carbonyl (C=O) groups excluding carboxylic acids is 2. The Bertz CT molecular complexity index is 501. The minimum Gasteiger partial charge on any atom is -0.463 e. The van der Waals surface area contributed by atoms with E-state index in [-0.39, 0.29) is 22.7 Å². The largest absolute Gasteiger partial charge is 0.463 e. The van der Waals surface area contributed by atoms with Gasteiger partial charge in [0.25, 0.3) is 0 Å². The Morgan fingerprint density at radius 2 is 2.09 bits per heavy atom. The van der Waals surface area contributed by atoms with Crippen LogP contribution in [0.4, 0.5) is 0 Å². The van der Waals surface area contributed by atoms with Crippen LogP contribution in [0.3, 0.4) is 0 Å². The van der Waals surface area contributed by atoms with E-state index in [1.54, 1.807) is 13.0 Å². The van der Waals surface area contributed by atoms with Crippen LogP contribution in [0.15, 0.2) is 23.8 Å². The molecule has 0 bridgehead atoms. The van der Waals surface area contributed by atoms with Crippen LogP contribution in [0.2, 0.25) is 0 Å². The van der Waals surface area contributed by atoms with Crippen molar-refractivity contribution < 1.29 is 14.3 Å². The van der Waals surface area contributed by atoms with Crippen molar-refractivity contribution in [2.24, 2.45) is 22.7 Å². The molecule has 2 aliphatic rings. The molecule has 0 aromatic heterocycles. The van der Waals surface area contributed by atoms with Crippen LogP contribution < -0.4 is 0 Å². The zero-order valence-corrected chi connectivity index (χ0v) is 14.2. The van der Waals surface area contributed by atoms with Gasteiger partial charge in [-0.3, -0.25) is 0 Å². The number of ether oxygens (including phenoxy) is 1. The topological polar surface area (TPSA) is 43.4 Å². The molecule has 3 heteroatoms. The Labute approximate surface area is 133 Å². The van der Waals surface area contributed by atoms with Gasteiger partial charge in [0, 0.05) is 12.0 Å². The van der Waals surface area contributed by atoms with E-state index < -0.39 is 0 Å². The second-order valence-corrected chi connectivity index (χ2v) is 7.54. The number of rotatable bonds is 4. The molecule has 0 aromatic rings. The fourth-order valence-corrected chi connectivity index (χ4v) is 4.65. The number of fused-ring (bicyclic) bond motifs is 1. The number of esters is 1. The molecule has 0 aromatic carbocycles. The Kier molecular flexibility index (Phi) is 4.93. The van der Waals surface area contributed by atoms with Crippen molar-refractivity contribution in [3.63, 3.8) is 0 Å². The maximum Gasteiger partial charge on any atom is 0.330 e. The highest BCUT2D eigenvalue weighted by atomic mass is 16.5. The second kappa shape index (κ2) is 6.39. The van der Waals surface area contributed by atoms with Gasteiger partial charge in [0.05, 0.1) is 6.61 Å². The summed E-state index contributed by atoms with van der Waals surface area (Å²) in [5.74, 6) is 0.0458. The van der Waals surface area contributed by atoms with E-state index in [0.29, 0.717) is 12.5 Å². The third-order valence-electron chi connectivity index (χ3n) is 5.77. The lowest BCUT2D eigenvalue weighted by atomic mass is 9.49. The van der Waals surface area contributed by atoms with E-state index in [4.69, 9.17) is 4.74 Å². The van der Waals surface area contributed by atoms with Gasteiger partial charge in [0.1, 0.15) is 6.29 Å². The normalized spacial score (nSPS) is 33.9. The SMILES string of the molecule is CCOC(=O)/C=C/C1=CCC2C(C)(C)CCC[C@]2(C)[C@H]1C=O. The number of hydrogen-bond acceptors (Lipinski definition) is 3. The molecule has 1 saturated carbocycles. The Hall–Kier alpha value is -1.38. The van der Waals surface area contributed by atoms with Crippen molar-refractivity contribution in [2.45, 2.75) is 53.4 Å². The molecule has 3 nitrogen and oxygen atoms in total. The van der Waals surface area contributed by atoms with Crippen LogP contribution in [0.25, 0.3) is 0 Å². The molecule has 0 amide bonds. The van der Waals surface area contributed by atoms with E-state index in [1.807, 2.05) is 0 Å². The smallest absolute Gasteiger partial charge is 0.330 e. The van der Waals surface area contributed by atoms with E-state index in [9.17, 15) is 9.59 Å². The van der Waals surface area contributed by atoms with Gasteiger partial charge in [0.15, 0.2) is 0 Å². The first-order valence-corrected chi connectivity index (χ1v) is 8.35. The third-order valence-corrected chi connectivity index (χ3v) is 5.77. The molecule has 0 N–H and O–H groups in total. The van der Waals surface area contributed by atoms with Crippen molar-refractivity contribution in [1.82, 2.24) is 0 Å². The van der Waals surface area contributed by atoms with Crippen LogP contribution in [0.1, 0.15) is 53.4 Å². The first kappa shape index (κ1) is 17.0. The summed E-state index contributed by atoms with van der Waals surface area (Å²) in [6, 6.07) is 0. The molecular weight excluding hydrogens is 276 g/mol. The molecule has 0 spiro atoms. The number of allylic oxidation sites excluding steroid dienone is 3. The molecule has 1 fully saturated rings. The Balaban J connectivity index is 2.29. The lowest BCUT2D eigenvalue weighted by Crippen LogP contribution is -2.49. The number of aldehydes is 1. The summed E-state index contributed by atoms with van der Waals surface area (Å²) in [6.07, 6.45) is 10.9. The highest BCUT2D eigenvalue weighted by molar-refractivity contribution is 5.83. The third kappa shape index (κ3) is 3.04. The van der Waals surface area contributed by atoms with Gasteiger partial charge in [-0.1, -0.05) is 39.3 Å². The number of hydrogen-bond donors (Lipinski definition) is 0. The summed E-state index contributed by atoms with van der Waals surface area (Å²) in [4.78, 5) is 23.3. The summed E-state index contributed by atoms with van der Waals surface area (Å²) in [5, 5.41) is 0. The molecule has 22 heavy (non-hydrogen) atoms. The standard InChI is InChI=1S/C19H28O3/c1-5-22-17(21)10-8-14-7-9-16-18(2,3)11-6-12-19(16,4)15(14)13-20/h7-8,10,13,15-16H,5-6,9,11-12H2,1-4H3/b10-8+/t15-,16?,19+/m0/s1. The van der Waals surface area contributed by atoms with Crippen LogP contribution >= 0.6 is 0 Å². The van der Waals surface area contributed by atoms with Crippen LogP contribution in [-0.4, -0.2) is 18.9 Å². The monoisotopic (exact) mass is 304 g/mol. The van der Waals surface area contributed by atoms with E-state index >= 15 is 0 Å². The lowest BCUT2D eigenvalue weighted by molar-refractivity contribution is -0.137. The molecule has 0 radical (unpaired) electrons. The zero-order chi connectivity index (χ0) is 16.4. The van der Waals surface area contributed by atoms with E-state index in [0.717, 1.165) is 24.7 Å². The molecule has 0 heterocycles. The summed E-state index contributed by atoms with van der Waals surface area (Å²) in [5.41, 5.74) is 1.23. The lowest BCUT2D eigenvalue weighted by Gasteiger charge is -2.55. The molecule has 0 aliphatic heterocycles. The van der Waals surface area contributed by atoms with Crippen molar-refractivity contribution in [3.8, 4) is 0 Å². The van der Waals surface area contributed by atoms with E-state index in [1.165, 1.54) is 18.9 Å².